The van der Waals surface area contributed by atoms with Crippen LogP contribution >= 0.6 is 0 Å². The Hall–Kier alpha value is -2.07. The van der Waals surface area contributed by atoms with Crippen molar-refractivity contribution in [3.05, 3.63) is 47.1 Å². The van der Waals surface area contributed by atoms with Crippen molar-refractivity contribution < 1.29 is 14.6 Å². The Morgan fingerprint density at radius 3 is 2.73 bits per heavy atom. The van der Waals surface area contributed by atoms with Crippen molar-refractivity contribution in [1.29, 1.82) is 0 Å². The molecule has 0 amide bonds. The van der Waals surface area contributed by atoms with E-state index in [1.54, 1.807) is 0 Å². The van der Waals surface area contributed by atoms with Gasteiger partial charge in [0.15, 0.2) is 0 Å². The highest BCUT2D eigenvalue weighted by Crippen LogP contribution is 2.47. The fraction of sp³-hybridized carbons (Fsp3) is 0.577. The molecule has 1 aromatic carbocycles. The number of unbranched alkanes of at least 4 members (excludes halogenated alkanes) is 2. The van der Waals surface area contributed by atoms with Crippen LogP contribution in [0.3, 0.4) is 0 Å². The minimum absolute atomic E-state index is 0.0268. The number of aryl methyl sites for hydroxylation is 1. The highest BCUT2D eigenvalue weighted by atomic mass is 16.5. The second kappa shape index (κ2) is 11.9. The zero-order valence-corrected chi connectivity index (χ0v) is 19.2. The summed E-state index contributed by atoms with van der Waals surface area (Å²) < 4.78 is 5.85. The van der Waals surface area contributed by atoms with Gasteiger partial charge in [0, 0.05) is 17.9 Å². The Kier molecular flexibility index (Phi) is 9.64. The zero-order valence-electron chi connectivity index (χ0n) is 19.2. The molecule has 0 fully saturated rings. The topological polar surface area (TPSA) is 58.6 Å². The average molecular weight is 414 g/mol. The van der Waals surface area contributed by atoms with Gasteiger partial charge in [-0.2, -0.15) is 0 Å². The number of ether oxygens (including phenoxy) is 1. The molecule has 2 atom stereocenters. The van der Waals surface area contributed by atoms with Gasteiger partial charge in [-0.05, 0) is 83.2 Å². The first-order chi connectivity index (χ1) is 14.4. The summed E-state index contributed by atoms with van der Waals surface area (Å²) in [4.78, 5) is 12.5. The summed E-state index contributed by atoms with van der Waals surface area (Å²) >= 11 is 0. The van der Waals surface area contributed by atoms with E-state index in [-0.39, 0.29) is 23.6 Å². The standard InChI is InChI=1S/C26H39NO3/c1-6-7-8-10-20-16-23(28)26(22-15-19(4)12-13-21(22)18(2)3)24(17-20)30-25(29)11-9-14-27-5/h15-17,21-22,27-28H,2,6-14H2,1,3-5H3/t21-,22+/m0/s1. The van der Waals surface area contributed by atoms with Gasteiger partial charge in [-0.15, -0.1) is 0 Å². The van der Waals surface area contributed by atoms with E-state index >= 15 is 0 Å². The van der Waals surface area contributed by atoms with Crippen molar-refractivity contribution in [1.82, 2.24) is 5.32 Å². The van der Waals surface area contributed by atoms with E-state index in [1.165, 1.54) is 5.57 Å². The Morgan fingerprint density at radius 1 is 1.30 bits per heavy atom. The first kappa shape index (κ1) is 24.2. The number of hydrogen-bond acceptors (Lipinski definition) is 4. The van der Waals surface area contributed by atoms with E-state index in [4.69, 9.17) is 4.74 Å². The predicted molar refractivity (Wildman–Crippen MR) is 124 cm³/mol. The van der Waals surface area contributed by atoms with Crippen LogP contribution in [0.15, 0.2) is 35.9 Å². The lowest BCUT2D eigenvalue weighted by atomic mass is 9.73. The maximum absolute atomic E-state index is 12.5. The molecule has 0 radical (unpaired) electrons. The second-order valence-electron chi connectivity index (χ2n) is 8.70. The van der Waals surface area contributed by atoms with Crippen molar-refractivity contribution in [2.24, 2.45) is 5.92 Å². The number of nitrogens with one attached hydrogen (secondary N) is 1. The van der Waals surface area contributed by atoms with Gasteiger partial charge in [-0.1, -0.05) is 43.6 Å². The number of allylic oxidation sites excluding steroid dienone is 3. The van der Waals surface area contributed by atoms with Crippen LogP contribution in [0.1, 0.15) is 82.8 Å². The molecule has 0 spiro atoms. The number of aromatic hydroxyl groups is 1. The molecule has 0 aliphatic heterocycles. The molecule has 0 heterocycles. The van der Waals surface area contributed by atoms with Gasteiger partial charge in [0.2, 0.25) is 0 Å². The molecule has 1 aromatic rings. The van der Waals surface area contributed by atoms with Crippen molar-refractivity contribution in [2.75, 3.05) is 13.6 Å². The highest BCUT2D eigenvalue weighted by Gasteiger charge is 2.31. The molecule has 4 nitrogen and oxygen atoms in total. The minimum atomic E-state index is -0.250. The molecule has 2 N–H and O–H groups in total. The van der Waals surface area contributed by atoms with Gasteiger partial charge in [0.25, 0.3) is 0 Å². The van der Waals surface area contributed by atoms with Crippen LogP contribution in [0.25, 0.3) is 0 Å². The minimum Gasteiger partial charge on any atom is -0.507 e. The van der Waals surface area contributed by atoms with Crippen LogP contribution in [0.2, 0.25) is 0 Å². The average Bonchev–Trinajstić information content (AvgIpc) is 2.68. The van der Waals surface area contributed by atoms with E-state index in [2.05, 4.69) is 31.8 Å². The number of esters is 1. The lowest BCUT2D eigenvalue weighted by molar-refractivity contribution is -0.134. The Balaban J connectivity index is 2.41. The molecule has 2 rings (SSSR count). The molecule has 1 aliphatic rings. The van der Waals surface area contributed by atoms with E-state index in [0.717, 1.165) is 68.2 Å². The highest BCUT2D eigenvalue weighted by molar-refractivity contribution is 5.73. The number of hydrogen-bond donors (Lipinski definition) is 2. The molecule has 0 saturated carbocycles. The number of phenolic OH excluding ortho intramolecular Hbond substituents is 1. The monoisotopic (exact) mass is 413 g/mol. The van der Waals surface area contributed by atoms with Crippen molar-refractivity contribution in [3.63, 3.8) is 0 Å². The molecule has 0 unspecified atom stereocenters. The lowest BCUT2D eigenvalue weighted by Crippen LogP contribution is -2.19. The van der Waals surface area contributed by atoms with Crippen LogP contribution in [0, 0.1) is 5.92 Å². The smallest absolute Gasteiger partial charge is 0.311 e. The second-order valence-corrected chi connectivity index (χ2v) is 8.70. The van der Waals surface area contributed by atoms with Gasteiger partial charge in [0.1, 0.15) is 11.5 Å². The Morgan fingerprint density at radius 2 is 2.07 bits per heavy atom. The SMILES string of the molecule is C=C(C)[C@@H]1CCC(C)=C[C@H]1c1c(O)cc(CCCCC)cc1OC(=O)CCCNC. The zero-order chi connectivity index (χ0) is 22.1. The third-order valence-corrected chi connectivity index (χ3v) is 5.99. The first-order valence-corrected chi connectivity index (χ1v) is 11.4. The number of phenols is 1. The summed E-state index contributed by atoms with van der Waals surface area (Å²) in [5, 5.41) is 14.1. The van der Waals surface area contributed by atoms with Gasteiger partial charge in [0.05, 0.1) is 0 Å². The number of benzene rings is 1. The normalized spacial score (nSPS) is 18.7. The quantitative estimate of drug-likeness (QED) is 0.201. The fourth-order valence-electron chi connectivity index (χ4n) is 4.30. The Labute approximate surface area is 182 Å². The van der Waals surface area contributed by atoms with Gasteiger partial charge >= 0.3 is 5.97 Å². The van der Waals surface area contributed by atoms with Crippen LogP contribution < -0.4 is 10.1 Å². The molecule has 30 heavy (non-hydrogen) atoms. The summed E-state index contributed by atoms with van der Waals surface area (Å²) in [6, 6.07) is 3.82. The third-order valence-electron chi connectivity index (χ3n) is 5.99. The Bertz CT molecular complexity index is 766. The van der Waals surface area contributed by atoms with E-state index < -0.39 is 0 Å². The van der Waals surface area contributed by atoms with Crippen LogP contribution in [-0.4, -0.2) is 24.7 Å². The summed E-state index contributed by atoms with van der Waals surface area (Å²) in [5.41, 5.74) is 4.14. The van der Waals surface area contributed by atoms with E-state index in [9.17, 15) is 9.90 Å². The fourth-order valence-corrected chi connectivity index (χ4v) is 4.30. The first-order valence-electron chi connectivity index (χ1n) is 11.4. The van der Waals surface area contributed by atoms with Gasteiger partial charge in [-0.25, -0.2) is 0 Å². The number of carbonyl (C=O) groups excluding carboxylic acids is 1. The molecular formula is C26H39NO3. The summed E-state index contributed by atoms with van der Waals surface area (Å²) in [5.74, 6) is 0.690. The van der Waals surface area contributed by atoms with Crippen LogP contribution in [0.4, 0.5) is 0 Å². The molecular weight excluding hydrogens is 374 g/mol. The van der Waals surface area contributed by atoms with Gasteiger partial charge < -0.3 is 15.2 Å². The van der Waals surface area contributed by atoms with Crippen molar-refractivity contribution >= 4 is 5.97 Å². The third kappa shape index (κ3) is 6.73. The lowest BCUT2D eigenvalue weighted by Gasteiger charge is -2.32. The molecule has 0 bridgehead atoms. The van der Waals surface area contributed by atoms with E-state index in [0.29, 0.717) is 12.2 Å². The summed E-state index contributed by atoms with van der Waals surface area (Å²) in [6.45, 7) is 11.3. The molecule has 1 aliphatic carbocycles. The molecule has 0 aromatic heterocycles. The maximum atomic E-state index is 12.5. The van der Waals surface area contributed by atoms with Crippen molar-refractivity contribution in [2.45, 2.75) is 78.1 Å². The largest absolute Gasteiger partial charge is 0.507 e. The maximum Gasteiger partial charge on any atom is 0.311 e. The summed E-state index contributed by atoms with van der Waals surface area (Å²) in [6.07, 6.45) is 9.53. The predicted octanol–water partition coefficient (Wildman–Crippen LogP) is 6.05. The molecule has 166 valence electrons. The van der Waals surface area contributed by atoms with Gasteiger partial charge in [-0.3, -0.25) is 4.79 Å². The van der Waals surface area contributed by atoms with Crippen LogP contribution in [-0.2, 0) is 11.2 Å². The van der Waals surface area contributed by atoms with E-state index in [1.807, 2.05) is 26.1 Å². The summed E-state index contributed by atoms with van der Waals surface area (Å²) in [7, 11) is 1.87. The number of carbonyl (C=O) groups is 1. The number of rotatable bonds is 11. The van der Waals surface area contributed by atoms with Crippen LogP contribution in [0.5, 0.6) is 11.5 Å². The molecule has 0 saturated heterocycles. The molecule has 4 heteroatoms. The van der Waals surface area contributed by atoms with Crippen molar-refractivity contribution in [3.8, 4) is 11.5 Å².